The van der Waals surface area contributed by atoms with Crippen LogP contribution >= 0.6 is 0 Å². The van der Waals surface area contributed by atoms with Crippen molar-refractivity contribution >= 4 is 10.9 Å². The van der Waals surface area contributed by atoms with Gasteiger partial charge in [0.25, 0.3) is 5.56 Å². The highest BCUT2D eigenvalue weighted by Crippen LogP contribution is 2.37. The van der Waals surface area contributed by atoms with Gasteiger partial charge in [-0.2, -0.15) is 0 Å². The third-order valence-electron chi connectivity index (χ3n) is 5.79. The minimum absolute atomic E-state index is 0.136. The summed E-state index contributed by atoms with van der Waals surface area (Å²) in [5.74, 6) is 0.423. The quantitative estimate of drug-likeness (QED) is 0.839. The summed E-state index contributed by atoms with van der Waals surface area (Å²) in [6.07, 6.45) is 4.80. The molecule has 2 atom stereocenters. The van der Waals surface area contributed by atoms with Crippen molar-refractivity contribution < 1.29 is 0 Å². The van der Waals surface area contributed by atoms with E-state index in [1.807, 2.05) is 10.6 Å². The maximum absolute atomic E-state index is 12.3. The molecule has 1 saturated heterocycles. The van der Waals surface area contributed by atoms with Crippen molar-refractivity contribution in [2.75, 3.05) is 13.1 Å². The molecule has 2 aliphatic rings. The van der Waals surface area contributed by atoms with Gasteiger partial charge in [0, 0.05) is 31.1 Å². The van der Waals surface area contributed by atoms with Crippen molar-refractivity contribution in [1.82, 2.24) is 9.47 Å². The molecule has 24 heavy (non-hydrogen) atoms. The van der Waals surface area contributed by atoms with Gasteiger partial charge in [-0.25, -0.2) is 0 Å². The summed E-state index contributed by atoms with van der Waals surface area (Å²) in [7, 11) is 0. The van der Waals surface area contributed by atoms with Gasteiger partial charge in [0.1, 0.15) is 0 Å². The first-order chi connectivity index (χ1) is 11.4. The lowest BCUT2D eigenvalue weighted by atomic mass is 9.80. The molecule has 1 aromatic heterocycles. The molecule has 3 heteroatoms. The Hall–Kier alpha value is -1.61. The number of nitrogens with zero attached hydrogens (tertiary/aromatic N) is 2. The summed E-state index contributed by atoms with van der Waals surface area (Å²) in [5, 5.41) is 1.19. The predicted molar refractivity (Wildman–Crippen MR) is 99.3 cm³/mol. The smallest absolute Gasteiger partial charge is 0.251 e. The van der Waals surface area contributed by atoms with Crippen LogP contribution < -0.4 is 5.56 Å². The van der Waals surface area contributed by atoms with Gasteiger partial charge in [0.2, 0.25) is 0 Å². The molecule has 3 nitrogen and oxygen atoms in total. The second-order valence-electron chi connectivity index (χ2n) is 8.45. The van der Waals surface area contributed by atoms with Gasteiger partial charge in [0.15, 0.2) is 0 Å². The van der Waals surface area contributed by atoms with E-state index in [0.29, 0.717) is 12.0 Å². The molecule has 2 aromatic rings. The van der Waals surface area contributed by atoms with Crippen LogP contribution in [0.4, 0.5) is 0 Å². The zero-order valence-electron chi connectivity index (χ0n) is 15.0. The van der Waals surface area contributed by atoms with Crippen LogP contribution in [0, 0.1) is 11.8 Å². The summed E-state index contributed by atoms with van der Waals surface area (Å²) in [5.41, 5.74) is 2.93. The topological polar surface area (TPSA) is 25.2 Å². The van der Waals surface area contributed by atoms with Crippen LogP contribution in [-0.2, 0) is 6.54 Å². The van der Waals surface area contributed by atoms with Crippen LogP contribution in [-0.4, -0.2) is 28.6 Å². The average Bonchev–Trinajstić information content (AvgIpc) is 2.91. The first kappa shape index (κ1) is 15.9. The summed E-state index contributed by atoms with van der Waals surface area (Å²) >= 11 is 0. The zero-order valence-corrected chi connectivity index (χ0v) is 15.0. The number of rotatable bonds is 2. The van der Waals surface area contributed by atoms with Crippen LogP contribution in [0.5, 0.6) is 0 Å². The van der Waals surface area contributed by atoms with Gasteiger partial charge >= 0.3 is 0 Å². The van der Waals surface area contributed by atoms with E-state index in [-0.39, 0.29) is 11.0 Å². The molecule has 1 radical (unpaired) electrons. The highest BCUT2D eigenvalue weighted by Gasteiger charge is 2.35. The van der Waals surface area contributed by atoms with Gasteiger partial charge in [-0.15, -0.1) is 0 Å². The molecule has 127 valence electrons. The van der Waals surface area contributed by atoms with Crippen molar-refractivity contribution in [1.29, 1.82) is 0 Å². The molecule has 3 heterocycles. The summed E-state index contributed by atoms with van der Waals surface area (Å²) in [6.45, 7) is 10.1. The molecule has 0 saturated carbocycles. The first-order valence-electron chi connectivity index (χ1n) is 9.13. The Bertz CT molecular complexity index is 815. The molecule has 0 bridgehead atoms. The van der Waals surface area contributed by atoms with E-state index in [2.05, 4.69) is 50.3 Å². The third kappa shape index (κ3) is 2.59. The maximum Gasteiger partial charge on any atom is 0.251 e. The van der Waals surface area contributed by atoms with E-state index in [1.165, 1.54) is 23.8 Å². The van der Waals surface area contributed by atoms with E-state index >= 15 is 0 Å². The lowest BCUT2D eigenvalue weighted by Gasteiger charge is -2.44. The predicted octanol–water partition coefficient (Wildman–Crippen LogP) is 3.81. The van der Waals surface area contributed by atoms with Crippen molar-refractivity contribution in [3.05, 3.63) is 52.7 Å². The van der Waals surface area contributed by atoms with Gasteiger partial charge in [0.05, 0.1) is 5.52 Å². The van der Waals surface area contributed by atoms with E-state index in [1.54, 1.807) is 6.07 Å². The lowest BCUT2D eigenvalue weighted by molar-refractivity contribution is 0.0740. The number of piperidine rings is 1. The minimum Gasteiger partial charge on any atom is -0.307 e. The largest absolute Gasteiger partial charge is 0.307 e. The lowest BCUT2D eigenvalue weighted by Crippen LogP contribution is -2.48. The van der Waals surface area contributed by atoms with E-state index in [4.69, 9.17) is 0 Å². The standard InChI is InChI=1S/C21H27N2O/c1-21(2,3)18-9-4-5-12-22(18)13-16-14-23-19(24)11-10-15-7-6-8-17(16)20(15)23/h4,6-8,10-11,16,18H,5,9,12-14H2,1-3H3. The number of para-hydroxylation sites is 1. The Labute approximate surface area is 144 Å². The fourth-order valence-corrected chi connectivity index (χ4v) is 4.61. The summed E-state index contributed by atoms with van der Waals surface area (Å²) < 4.78 is 1.98. The van der Waals surface area contributed by atoms with Gasteiger partial charge < -0.3 is 4.57 Å². The molecule has 0 spiro atoms. The molecule has 1 fully saturated rings. The molecule has 0 N–H and O–H groups in total. The molecule has 0 amide bonds. The van der Waals surface area contributed by atoms with Crippen LogP contribution in [0.3, 0.4) is 0 Å². The van der Waals surface area contributed by atoms with Gasteiger partial charge in [-0.3, -0.25) is 9.69 Å². The molecular formula is C21H27N2O. The fourth-order valence-electron chi connectivity index (χ4n) is 4.61. The summed E-state index contributed by atoms with van der Waals surface area (Å²) in [6, 6.07) is 10.7. The van der Waals surface area contributed by atoms with Crippen LogP contribution in [0.1, 0.15) is 45.1 Å². The Kier molecular flexibility index (Phi) is 3.80. The number of hydrogen-bond acceptors (Lipinski definition) is 2. The second-order valence-corrected chi connectivity index (χ2v) is 8.45. The van der Waals surface area contributed by atoms with E-state index in [0.717, 1.165) is 25.2 Å². The Balaban J connectivity index is 1.66. The summed E-state index contributed by atoms with van der Waals surface area (Å²) in [4.78, 5) is 15.0. The van der Waals surface area contributed by atoms with E-state index < -0.39 is 0 Å². The number of aromatic nitrogens is 1. The van der Waals surface area contributed by atoms with Crippen LogP contribution in [0.25, 0.3) is 10.9 Å². The first-order valence-corrected chi connectivity index (χ1v) is 9.13. The molecule has 2 aliphatic heterocycles. The Morgan fingerprint density at radius 2 is 2.00 bits per heavy atom. The van der Waals surface area contributed by atoms with Crippen LogP contribution in [0.15, 0.2) is 35.1 Å². The molecule has 4 rings (SSSR count). The van der Waals surface area contributed by atoms with Crippen molar-refractivity contribution in [2.24, 2.45) is 5.41 Å². The third-order valence-corrected chi connectivity index (χ3v) is 5.79. The number of likely N-dealkylation sites (tertiary alicyclic amines) is 1. The number of hydrogen-bond donors (Lipinski definition) is 0. The highest BCUT2D eigenvalue weighted by molar-refractivity contribution is 5.84. The van der Waals surface area contributed by atoms with Crippen molar-refractivity contribution in [3.63, 3.8) is 0 Å². The SMILES string of the molecule is CC(C)(C)C1C[CH]CCN1CC1Cn2c(=O)ccc3cccc1c32. The van der Waals surface area contributed by atoms with Gasteiger partial charge in [-0.1, -0.05) is 39.0 Å². The Morgan fingerprint density at radius 1 is 1.17 bits per heavy atom. The second kappa shape index (κ2) is 5.73. The fraction of sp³-hybridized carbons (Fsp3) is 0.524. The average molecular weight is 323 g/mol. The zero-order chi connectivity index (χ0) is 16.9. The normalized spacial score (nSPS) is 24.6. The number of pyridine rings is 1. The van der Waals surface area contributed by atoms with Crippen molar-refractivity contribution in [2.45, 2.75) is 52.1 Å². The molecule has 0 aliphatic carbocycles. The molecular weight excluding hydrogens is 296 g/mol. The van der Waals surface area contributed by atoms with Crippen molar-refractivity contribution in [3.8, 4) is 0 Å². The minimum atomic E-state index is 0.136. The number of benzene rings is 1. The van der Waals surface area contributed by atoms with Gasteiger partial charge in [-0.05, 0) is 48.2 Å². The highest BCUT2D eigenvalue weighted by atomic mass is 16.1. The van der Waals surface area contributed by atoms with E-state index in [9.17, 15) is 4.79 Å². The van der Waals surface area contributed by atoms with Crippen LogP contribution in [0.2, 0.25) is 0 Å². The molecule has 2 unspecified atom stereocenters. The molecule has 1 aromatic carbocycles. The Morgan fingerprint density at radius 3 is 2.79 bits per heavy atom. The maximum atomic E-state index is 12.3. The monoisotopic (exact) mass is 323 g/mol.